The van der Waals surface area contributed by atoms with E-state index in [4.69, 9.17) is 9.47 Å². The maximum atomic E-state index is 12.6. The van der Waals surface area contributed by atoms with E-state index in [1.807, 2.05) is 26.0 Å². The summed E-state index contributed by atoms with van der Waals surface area (Å²) in [5.74, 6) is 1.08. The van der Waals surface area contributed by atoms with Crippen molar-refractivity contribution < 1.29 is 14.3 Å². The van der Waals surface area contributed by atoms with Crippen LogP contribution in [0.1, 0.15) is 55.2 Å². The van der Waals surface area contributed by atoms with Gasteiger partial charge in [0.2, 0.25) is 0 Å². The SMILES string of the molecule is CCOC(=O)c1c(C)[nH]c2ccc3c(c12)CC1CCCN(CC)C1(C)O3. The lowest BCUT2D eigenvalue weighted by molar-refractivity contribution is -0.143. The van der Waals surface area contributed by atoms with Crippen LogP contribution in [-0.2, 0) is 11.2 Å². The topological polar surface area (TPSA) is 54.6 Å². The highest BCUT2D eigenvalue weighted by atomic mass is 16.5. The second kappa shape index (κ2) is 6.31. The quantitative estimate of drug-likeness (QED) is 0.844. The predicted octanol–water partition coefficient (Wildman–Crippen LogP) is 4.04. The summed E-state index contributed by atoms with van der Waals surface area (Å²) >= 11 is 0. The van der Waals surface area contributed by atoms with Crippen LogP contribution < -0.4 is 4.74 Å². The van der Waals surface area contributed by atoms with Crippen LogP contribution >= 0.6 is 0 Å². The molecule has 5 nitrogen and oxygen atoms in total. The summed E-state index contributed by atoms with van der Waals surface area (Å²) < 4.78 is 11.9. The van der Waals surface area contributed by atoms with Crippen LogP contribution in [0, 0.1) is 12.8 Å². The summed E-state index contributed by atoms with van der Waals surface area (Å²) in [5.41, 5.74) is 3.39. The Kier molecular flexibility index (Phi) is 4.22. The zero-order chi connectivity index (χ0) is 18.5. The van der Waals surface area contributed by atoms with Crippen molar-refractivity contribution in [3.05, 3.63) is 29.0 Å². The Bertz CT molecular complexity index is 857. The van der Waals surface area contributed by atoms with Crippen LogP contribution in [0.3, 0.4) is 0 Å². The normalized spacial score (nSPS) is 25.5. The van der Waals surface area contributed by atoms with Crippen LogP contribution in [0.15, 0.2) is 12.1 Å². The molecule has 0 saturated carbocycles. The molecule has 0 spiro atoms. The molecule has 1 saturated heterocycles. The number of benzene rings is 1. The van der Waals surface area contributed by atoms with Gasteiger partial charge in [-0.05, 0) is 58.7 Å². The summed E-state index contributed by atoms with van der Waals surface area (Å²) in [7, 11) is 0. The number of aryl methyl sites for hydroxylation is 1. The molecule has 0 bridgehead atoms. The van der Waals surface area contributed by atoms with E-state index in [0.29, 0.717) is 18.1 Å². The molecule has 0 amide bonds. The average molecular weight is 356 g/mol. The number of hydrogen-bond donors (Lipinski definition) is 1. The lowest BCUT2D eigenvalue weighted by Crippen LogP contribution is -2.60. The van der Waals surface area contributed by atoms with Gasteiger partial charge in [-0.15, -0.1) is 0 Å². The first-order valence-electron chi connectivity index (χ1n) is 9.74. The molecule has 2 atom stereocenters. The second-order valence-corrected chi connectivity index (χ2v) is 7.59. The summed E-state index contributed by atoms with van der Waals surface area (Å²) in [4.78, 5) is 18.4. The van der Waals surface area contributed by atoms with E-state index in [1.54, 1.807) is 0 Å². The smallest absolute Gasteiger partial charge is 0.340 e. The minimum atomic E-state index is -0.261. The third-order valence-corrected chi connectivity index (χ3v) is 6.21. The summed E-state index contributed by atoms with van der Waals surface area (Å²) in [6.45, 7) is 10.6. The van der Waals surface area contributed by atoms with Gasteiger partial charge in [-0.2, -0.15) is 0 Å². The van der Waals surface area contributed by atoms with Crippen molar-refractivity contribution in [2.45, 2.75) is 52.7 Å². The van der Waals surface area contributed by atoms with Gasteiger partial charge in [0.25, 0.3) is 0 Å². The standard InChI is InChI=1S/C21H28N2O3/c1-5-23-11-7-8-14-12-15-17(26-21(14,23)4)10-9-16-19(15)18(13(3)22-16)20(24)25-6-2/h9-10,14,22H,5-8,11-12H2,1-4H3. The molecular weight excluding hydrogens is 328 g/mol. The van der Waals surface area contributed by atoms with Gasteiger partial charge >= 0.3 is 5.97 Å². The van der Waals surface area contributed by atoms with Gasteiger partial charge in [0.05, 0.1) is 12.2 Å². The van der Waals surface area contributed by atoms with Crippen LogP contribution in [0.2, 0.25) is 0 Å². The van der Waals surface area contributed by atoms with Crippen molar-refractivity contribution in [3.63, 3.8) is 0 Å². The van der Waals surface area contributed by atoms with Crippen LogP contribution in [0.5, 0.6) is 5.75 Å². The summed E-state index contributed by atoms with van der Waals surface area (Å²) in [6, 6.07) is 4.07. The number of aromatic amines is 1. The molecule has 4 rings (SSSR count). The van der Waals surface area contributed by atoms with E-state index < -0.39 is 0 Å². The van der Waals surface area contributed by atoms with Crippen molar-refractivity contribution in [1.82, 2.24) is 9.88 Å². The molecule has 1 aromatic heterocycles. The van der Waals surface area contributed by atoms with Crippen molar-refractivity contribution >= 4 is 16.9 Å². The predicted molar refractivity (Wildman–Crippen MR) is 102 cm³/mol. The number of carbonyl (C=O) groups excluding carboxylic acids is 1. The highest BCUT2D eigenvalue weighted by molar-refractivity contribution is 6.07. The molecular formula is C21H28N2O3. The van der Waals surface area contributed by atoms with Gasteiger partial charge in [-0.1, -0.05) is 6.92 Å². The fraction of sp³-hybridized carbons (Fsp3) is 0.571. The Morgan fingerprint density at radius 2 is 2.23 bits per heavy atom. The maximum Gasteiger partial charge on any atom is 0.340 e. The molecule has 5 heteroatoms. The number of fused-ring (bicyclic) bond motifs is 4. The zero-order valence-electron chi connectivity index (χ0n) is 16.1. The van der Waals surface area contributed by atoms with Crippen molar-refractivity contribution in [3.8, 4) is 5.75 Å². The van der Waals surface area contributed by atoms with Crippen LogP contribution in [0.25, 0.3) is 10.9 Å². The van der Waals surface area contributed by atoms with Gasteiger partial charge in [0, 0.05) is 34.6 Å². The molecule has 1 fully saturated rings. The monoisotopic (exact) mass is 356 g/mol. The third-order valence-electron chi connectivity index (χ3n) is 6.21. The number of nitrogens with one attached hydrogen (secondary N) is 1. The Hall–Kier alpha value is -2.01. The molecule has 0 aliphatic carbocycles. The molecule has 26 heavy (non-hydrogen) atoms. The van der Waals surface area contributed by atoms with Crippen LogP contribution in [-0.4, -0.2) is 41.3 Å². The van der Waals surface area contributed by atoms with E-state index >= 15 is 0 Å². The maximum absolute atomic E-state index is 12.6. The molecule has 2 aliphatic rings. The Labute approximate surface area is 154 Å². The number of H-pyrrole nitrogens is 1. The lowest BCUT2D eigenvalue weighted by Gasteiger charge is -2.52. The second-order valence-electron chi connectivity index (χ2n) is 7.59. The average Bonchev–Trinajstić information content (AvgIpc) is 2.95. The van der Waals surface area contributed by atoms with Gasteiger partial charge in [-0.25, -0.2) is 4.79 Å². The van der Waals surface area contributed by atoms with Crippen LogP contribution in [0.4, 0.5) is 0 Å². The Morgan fingerprint density at radius 3 is 2.96 bits per heavy atom. The number of ether oxygens (including phenoxy) is 2. The lowest BCUT2D eigenvalue weighted by atomic mass is 9.79. The van der Waals surface area contributed by atoms with E-state index in [0.717, 1.165) is 53.8 Å². The first-order chi connectivity index (χ1) is 12.5. The minimum Gasteiger partial charge on any atom is -0.472 e. The number of rotatable bonds is 3. The highest BCUT2D eigenvalue weighted by Gasteiger charge is 2.47. The molecule has 2 aliphatic heterocycles. The minimum absolute atomic E-state index is 0.253. The van der Waals surface area contributed by atoms with Gasteiger partial charge < -0.3 is 14.5 Å². The van der Waals surface area contributed by atoms with E-state index in [1.165, 1.54) is 6.42 Å². The van der Waals surface area contributed by atoms with Gasteiger partial charge in [0.1, 0.15) is 5.75 Å². The van der Waals surface area contributed by atoms with E-state index in [2.05, 4.69) is 23.7 Å². The van der Waals surface area contributed by atoms with Crippen molar-refractivity contribution in [1.29, 1.82) is 0 Å². The number of esters is 1. The molecule has 1 aromatic carbocycles. The molecule has 2 aromatic rings. The molecule has 1 N–H and O–H groups in total. The Morgan fingerprint density at radius 1 is 1.42 bits per heavy atom. The fourth-order valence-electron chi connectivity index (χ4n) is 4.88. The molecule has 3 heterocycles. The van der Waals surface area contributed by atoms with Crippen molar-refractivity contribution in [2.75, 3.05) is 19.7 Å². The summed E-state index contributed by atoms with van der Waals surface area (Å²) in [6.07, 6.45) is 3.28. The Balaban J connectivity index is 1.86. The third kappa shape index (κ3) is 2.44. The van der Waals surface area contributed by atoms with Crippen molar-refractivity contribution in [2.24, 2.45) is 5.92 Å². The first kappa shape index (κ1) is 17.4. The number of carbonyl (C=O) groups is 1. The van der Waals surface area contributed by atoms with Gasteiger partial charge in [0.15, 0.2) is 5.72 Å². The number of likely N-dealkylation sites (tertiary alicyclic amines) is 1. The number of piperidine rings is 1. The number of nitrogens with zero attached hydrogens (tertiary/aromatic N) is 1. The van der Waals surface area contributed by atoms with Gasteiger partial charge in [-0.3, -0.25) is 4.90 Å². The molecule has 0 radical (unpaired) electrons. The van der Waals surface area contributed by atoms with E-state index in [-0.39, 0.29) is 11.7 Å². The fourth-order valence-corrected chi connectivity index (χ4v) is 4.88. The van der Waals surface area contributed by atoms with E-state index in [9.17, 15) is 4.79 Å². The highest BCUT2D eigenvalue weighted by Crippen LogP contribution is 2.46. The largest absolute Gasteiger partial charge is 0.472 e. The number of hydrogen-bond acceptors (Lipinski definition) is 4. The first-order valence-corrected chi connectivity index (χ1v) is 9.74. The molecule has 2 unspecified atom stereocenters. The number of aromatic nitrogens is 1. The molecule has 140 valence electrons. The summed E-state index contributed by atoms with van der Waals surface area (Å²) in [5, 5.41) is 0.981. The zero-order valence-corrected chi connectivity index (χ0v) is 16.1.